The van der Waals surface area contributed by atoms with Crippen LogP contribution in [0.25, 0.3) is 5.52 Å². The number of amides is 1. The second-order valence-electron chi connectivity index (χ2n) is 10.2. The molecule has 0 spiro atoms. The molecule has 3 aromatic rings. The molecule has 7 rings (SSSR count). The normalized spacial score (nSPS) is 25.9. The number of nitrogens with zero attached hydrogens (tertiary/aromatic N) is 2. The summed E-state index contributed by atoms with van der Waals surface area (Å²) in [6.45, 7) is 0. The smallest absolute Gasteiger partial charge is 0.475 e. The zero-order valence-corrected chi connectivity index (χ0v) is 20.4. The minimum absolute atomic E-state index is 0.0479. The summed E-state index contributed by atoms with van der Waals surface area (Å²) < 4.78 is 39.5. The quantitative estimate of drug-likeness (QED) is 0.420. The molecule has 196 valence electrons. The van der Waals surface area contributed by atoms with Gasteiger partial charge in [-0.2, -0.15) is 18.2 Å². The second kappa shape index (κ2) is 9.55. The fourth-order valence-electron chi connectivity index (χ4n) is 6.42. The number of imidazole rings is 1. The topological polar surface area (TPSA) is 92.9 Å². The predicted molar refractivity (Wildman–Crippen MR) is 129 cm³/mol. The molecule has 0 unspecified atom stereocenters. The summed E-state index contributed by atoms with van der Waals surface area (Å²) in [4.78, 5) is 26.9. The van der Waals surface area contributed by atoms with Crippen LogP contribution in [0.2, 0.25) is 5.02 Å². The van der Waals surface area contributed by atoms with Crippen molar-refractivity contribution in [1.82, 2.24) is 14.7 Å². The zero-order chi connectivity index (χ0) is 26.4. The molecule has 4 fully saturated rings. The number of nitrogens with one attached hydrogen (secondary N) is 1. The van der Waals surface area contributed by atoms with Crippen LogP contribution in [0, 0.1) is 17.8 Å². The lowest BCUT2D eigenvalue weighted by Crippen LogP contribution is -2.59. The Kier molecular flexibility index (Phi) is 6.55. The highest BCUT2D eigenvalue weighted by atomic mass is 35.5. The highest BCUT2D eigenvalue weighted by Gasteiger charge is 2.51. The van der Waals surface area contributed by atoms with Gasteiger partial charge in [-0.15, -0.1) is 0 Å². The number of pyridine rings is 1. The molecular weight excluding hydrogens is 511 g/mol. The number of hydrogen-bond acceptors (Lipinski definition) is 4. The number of carboxylic acid groups (broad SMARTS) is 1. The van der Waals surface area contributed by atoms with Crippen LogP contribution in [-0.2, 0) is 4.79 Å². The van der Waals surface area contributed by atoms with Gasteiger partial charge < -0.3 is 15.2 Å². The Morgan fingerprint density at radius 1 is 1.03 bits per heavy atom. The first-order valence-corrected chi connectivity index (χ1v) is 12.4. The van der Waals surface area contributed by atoms with E-state index in [0.29, 0.717) is 22.5 Å². The van der Waals surface area contributed by atoms with Crippen molar-refractivity contribution in [2.24, 2.45) is 17.8 Å². The van der Waals surface area contributed by atoms with E-state index in [-0.39, 0.29) is 11.4 Å². The molecular formula is C26H25ClF3N3O4. The Labute approximate surface area is 215 Å². The maximum absolute atomic E-state index is 13.4. The predicted octanol–water partition coefficient (Wildman–Crippen LogP) is 6.11. The van der Waals surface area contributed by atoms with E-state index in [9.17, 15) is 18.0 Å². The van der Waals surface area contributed by atoms with Crippen LogP contribution in [0.4, 0.5) is 13.2 Å². The van der Waals surface area contributed by atoms with Crippen molar-refractivity contribution in [2.45, 2.75) is 50.2 Å². The highest BCUT2D eigenvalue weighted by Crippen LogP contribution is 2.55. The Balaban J connectivity index is 0.000000355. The summed E-state index contributed by atoms with van der Waals surface area (Å²) in [7, 11) is 0. The molecule has 1 aromatic carbocycles. The lowest BCUT2D eigenvalue weighted by atomic mass is 9.53. The van der Waals surface area contributed by atoms with Crippen molar-refractivity contribution in [1.29, 1.82) is 0 Å². The molecule has 1 amide bonds. The van der Waals surface area contributed by atoms with E-state index in [2.05, 4.69) is 10.3 Å². The fourth-order valence-corrected chi connectivity index (χ4v) is 6.55. The fraction of sp³-hybridized carbons (Fsp3) is 0.423. The number of carboxylic acids is 1. The van der Waals surface area contributed by atoms with E-state index in [0.717, 1.165) is 42.5 Å². The molecule has 11 heteroatoms. The number of benzene rings is 1. The van der Waals surface area contributed by atoms with Gasteiger partial charge in [-0.25, -0.2) is 4.79 Å². The SMILES string of the molecule is O=C(NC12CC3CC(CC(C3)C1)C2)c1nc(Oc2ccc(Cl)cc2)n2ccccc12.O=C(O)C(F)(F)F. The molecule has 2 heterocycles. The molecule has 4 bridgehead atoms. The Morgan fingerprint density at radius 2 is 1.59 bits per heavy atom. The van der Waals surface area contributed by atoms with Gasteiger partial charge in [-0.3, -0.25) is 9.20 Å². The van der Waals surface area contributed by atoms with Crippen LogP contribution in [0.5, 0.6) is 11.8 Å². The third-order valence-electron chi connectivity index (χ3n) is 7.41. The van der Waals surface area contributed by atoms with Crippen LogP contribution in [0.15, 0.2) is 48.7 Å². The average Bonchev–Trinajstić information content (AvgIpc) is 3.18. The molecule has 2 aromatic heterocycles. The molecule has 4 aliphatic rings. The van der Waals surface area contributed by atoms with Crippen LogP contribution >= 0.6 is 11.6 Å². The molecule has 0 radical (unpaired) electrons. The van der Waals surface area contributed by atoms with Crippen LogP contribution < -0.4 is 10.1 Å². The van der Waals surface area contributed by atoms with Crippen molar-refractivity contribution >= 4 is 29.0 Å². The highest BCUT2D eigenvalue weighted by molar-refractivity contribution is 6.30. The third kappa shape index (κ3) is 5.39. The summed E-state index contributed by atoms with van der Waals surface area (Å²) >= 11 is 5.97. The number of hydrogen-bond donors (Lipinski definition) is 2. The number of rotatable bonds is 4. The Morgan fingerprint density at radius 3 is 2.14 bits per heavy atom. The number of aromatic nitrogens is 2. The van der Waals surface area contributed by atoms with E-state index in [1.165, 1.54) is 19.3 Å². The molecule has 4 saturated carbocycles. The van der Waals surface area contributed by atoms with E-state index < -0.39 is 12.1 Å². The number of aliphatic carboxylic acids is 1. The van der Waals surface area contributed by atoms with Crippen molar-refractivity contribution in [3.8, 4) is 11.8 Å². The van der Waals surface area contributed by atoms with E-state index in [1.807, 2.05) is 28.8 Å². The minimum atomic E-state index is -5.08. The molecule has 37 heavy (non-hydrogen) atoms. The van der Waals surface area contributed by atoms with Crippen LogP contribution in [0.3, 0.4) is 0 Å². The van der Waals surface area contributed by atoms with E-state index in [4.69, 9.17) is 26.2 Å². The third-order valence-corrected chi connectivity index (χ3v) is 7.67. The van der Waals surface area contributed by atoms with E-state index >= 15 is 0 Å². The van der Waals surface area contributed by atoms with Gasteiger partial charge in [0, 0.05) is 16.8 Å². The maximum atomic E-state index is 13.4. The van der Waals surface area contributed by atoms with Crippen molar-refractivity contribution in [3.05, 3.63) is 59.4 Å². The number of carbonyl (C=O) groups is 2. The van der Waals surface area contributed by atoms with Crippen LogP contribution in [0.1, 0.15) is 49.0 Å². The molecule has 0 atom stereocenters. The first kappa shape index (κ1) is 25.4. The number of fused-ring (bicyclic) bond motifs is 1. The lowest BCUT2D eigenvalue weighted by Gasteiger charge is -2.56. The maximum Gasteiger partial charge on any atom is 0.490 e. The van der Waals surface area contributed by atoms with Gasteiger partial charge in [0.05, 0.1) is 5.52 Å². The van der Waals surface area contributed by atoms with Crippen LogP contribution in [-0.4, -0.2) is 38.1 Å². The molecule has 4 aliphatic carbocycles. The van der Waals surface area contributed by atoms with Gasteiger partial charge in [0.1, 0.15) is 5.75 Å². The first-order chi connectivity index (χ1) is 17.5. The molecule has 7 nitrogen and oxygen atoms in total. The van der Waals surface area contributed by atoms with Gasteiger partial charge in [-0.1, -0.05) is 17.7 Å². The standard InChI is InChI=1S/C24H24ClN3O2.C2HF3O2/c25-18-4-6-19(7-5-18)30-23-26-21(20-3-1-2-8-28(20)23)22(29)27-24-12-15-9-16(13-24)11-17(10-15)14-24;3-2(4,5)1(6)7/h1-8,15-17H,9-14H2,(H,27,29);(H,6,7). The van der Waals surface area contributed by atoms with E-state index in [1.54, 1.807) is 24.3 Å². The van der Waals surface area contributed by atoms with Gasteiger partial charge in [0.25, 0.3) is 5.91 Å². The molecule has 0 aliphatic heterocycles. The summed E-state index contributed by atoms with van der Waals surface area (Å²) in [5, 5.41) is 11.2. The van der Waals surface area contributed by atoms with Gasteiger partial charge in [0.15, 0.2) is 5.69 Å². The van der Waals surface area contributed by atoms with Gasteiger partial charge in [0.2, 0.25) is 0 Å². The number of carbonyl (C=O) groups excluding carboxylic acids is 1. The first-order valence-electron chi connectivity index (χ1n) is 12.0. The zero-order valence-electron chi connectivity index (χ0n) is 19.7. The molecule has 2 N–H and O–H groups in total. The van der Waals surface area contributed by atoms with Crippen molar-refractivity contribution in [2.75, 3.05) is 0 Å². The monoisotopic (exact) mass is 535 g/mol. The minimum Gasteiger partial charge on any atom is -0.475 e. The Bertz CT molecular complexity index is 1290. The summed E-state index contributed by atoms with van der Waals surface area (Å²) in [5.74, 6) is 0.111. The average molecular weight is 536 g/mol. The van der Waals surface area contributed by atoms with Gasteiger partial charge in [-0.05, 0) is 92.7 Å². The van der Waals surface area contributed by atoms with Crippen molar-refractivity contribution in [3.63, 3.8) is 0 Å². The Hall–Kier alpha value is -3.27. The lowest BCUT2D eigenvalue weighted by molar-refractivity contribution is -0.192. The second-order valence-corrected chi connectivity index (χ2v) is 10.6. The van der Waals surface area contributed by atoms with Crippen molar-refractivity contribution < 1.29 is 32.6 Å². The number of ether oxygens (including phenoxy) is 1. The summed E-state index contributed by atoms with van der Waals surface area (Å²) in [6.07, 6.45) is 4.18. The number of halogens is 4. The largest absolute Gasteiger partial charge is 0.490 e. The number of alkyl halides is 3. The van der Waals surface area contributed by atoms with Gasteiger partial charge >= 0.3 is 18.2 Å². The molecule has 0 saturated heterocycles. The summed E-state index contributed by atoms with van der Waals surface area (Å²) in [5.41, 5.74) is 1.13. The summed E-state index contributed by atoms with van der Waals surface area (Å²) in [6, 6.07) is 13.2.